The number of amides is 2. The fourth-order valence-electron chi connectivity index (χ4n) is 4.02. The van der Waals surface area contributed by atoms with Gasteiger partial charge in [0, 0.05) is 17.9 Å². The van der Waals surface area contributed by atoms with Gasteiger partial charge in [-0.25, -0.2) is 0 Å². The molecule has 1 aliphatic carbocycles. The Morgan fingerprint density at radius 1 is 0.710 bits per heavy atom. The molecule has 3 aromatic rings. The highest BCUT2D eigenvalue weighted by atomic mass is 16.2. The van der Waals surface area contributed by atoms with Gasteiger partial charge in [-0.3, -0.25) is 14.5 Å². The highest BCUT2D eigenvalue weighted by Crippen LogP contribution is 2.33. The van der Waals surface area contributed by atoms with Crippen LogP contribution in [-0.2, 0) is 16.1 Å². The van der Waals surface area contributed by atoms with Crippen molar-refractivity contribution in [3.8, 4) is 0 Å². The van der Waals surface area contributed by atoms with Gasteiger partial charge in [-0.1, -0.05) is 78.9 Å². The molecule has 1 N–H and O–H groups in total. The minimum atomic E-state index is -0.416. The molecule has 0 radical (unpaired) electrons. The molecule has 0 saturated heterocycles. The number of nitrogens with one attached hydrogen (secondary N) is 1. The van der Waals surface area contributed by atoms with Crippen LogP contribution in [0.3, 0.4) is 0 Å². The van der Waals surface area contributed by atoms with E-state index in [9.17, 15) is 9.59 Å². The molecule has 0 spiro atoms. The van der Waals surface area contributed by atoms with Gasteiger partial charge in [-0.05, 0) is 42.7 Å². The maximum atomic E-state index is 13.8. The molecular weight excluding hydrogens is 384 g/mol. The molecule has 0 saturated carbocycles. The van der Waals surface area contributed by atoms with Gasteiger partial charge >= 0.3 is 0 Å². The first kappa shape index (κ1) is 20.6. The van der Waals surface area contributed by atoms with Crippen LogP contribution >= 0.6 is 0 Å². The van der Waals surface area contributed by atoms with E-state index in [-0.39, 0.29) is 11.8 Å². The van der Waals surface area contributed by atoms with Crippen LogP contribution < -0.4 is 10.2 Å². The zero-order valence-electron chi connectivity index (χ0n) is 17.4. The Balaban J connectivity index is 1.57. The van der Waals surface area contributed by atoms with Gasteiger partial charge in [-0.15, -0.1) is 0 Å². The SMILES string of the molecule is O=C(NCc1ccccc1)C1CC=CCC1C(=O)N(c1ccccc1)c1ccccc1. The van der Waals surface area contributed by atoms with E-state index in [1.54, 1.807) is 4.90 Å². The normalized spacial score (nSPS) is 17.7. The molecule has 0 aliphatic heterocycles. The second-order valence-corrected chi connectivity index (χ2v) is 7.70. The molecule has 1 aliphatic rings. The van der Waals surface area contributed by atoms with Crippen molar-refractivity contribution in [1.29, 1.82) is 0 Å². The lowest BCUT2D eigenvalue weighted by Gasteiger charge is -2.32. The fraction of sp³-hybridized carbons (Fsp3) is 0.185. The molecule has 0 fully saturated rings. The predicted octanol–water partition coefficient (Wildman–Crippen LogP) is 5.25. The summed E-state index contributed by atoms with van der Waals surface area (Å²) in [7, 11) is 0. The minimum absolute atomic E-state index is 0.0541. The minimum Gasteiger partial charge on any atom is -0.352 e. The first-order chi connectivity index (χ1) is 15.2. The topological polar surface area (TPSA) is 49.4 Å². The van der Waals surface area contributed by atoms with E-state index >= 15 is 0 Å². The number of allylic oxidation sites excluding steroid dienone is 2. The van der Waals surface area contributed by atoms with E-state index in [2.05, 4.69) is 5.32 Å². The number of anilines is 2. The van der Waals surface area contributed by atoms with Crippen LogP contribution in [0.15, 0.2) is 103 Å². The molecule has 2 atom stereocenters. The van der Waals surface area contributed by atoms with E-state index in [1.165, 1.54) is 0 Å². The summed E-state index contributed by atoms with van der Waals surface area (Å²) < 4.78 is 0. The van der Waals surface area contributed by atoms with Crippen LogP contribution in [0.1, 0.15) is 18.4 Å². The van der Waals surface area contributed by atoms with Crippen LogP contribution in [0.5, 0.6) is 0 Å². The molecule has 3 aromatic carbocycles. The van der Waals surface area contributed by atoms with Crippen molar-refractivity contribution in [2.24, 2.45) is 11.8 Å². The van der Waals surface area contributed by atoms with Gasteiger partial charge in [0.05, 0.1) is 11.8 Å². The van der Waals surface area contributed by atoms with Gasteiger partial charge in [0.25, 0.3) is 0 Å². The lowest BCUT2D eigenvalue weighted by molar-refractivity contribution is -0.133. The zero-order chi connectivity index (χ0) is 21.5. The van der Waals surface area contributed by atoms with E-state index < -0.39 is 11.8 Å². The van der Waals surface area contributed by atoms with Gasteiger partial charge in [0.2, 0.25) is 11.8 Å². The standard InChI is InChI=1S/C27H26N2O2/c30-26(28-20-21-12-4-1-5-13-21)24-18-10-11-19-25(24)27(31)29(22-14-6-2-7-15-22)23-16-8-3-9-17-23/h1-17,24-25H,18-20H2,(H,28,30). The van der Waals surface area contributed by atoms with Gasteiger partial charge in [0.15, 0.2) is 0 Å². The van der Waals surface area contributed by atoms with Gasteiger partial charge in [0.1, 0.15) is 0 Å². The van der Waals surface area contributed by atoms with E-state index in [4.69, 9.17) is 0 Å². The summed E-state index contributed by atoms with van der Waals surface area (Å²) in [5, 5.41) is 3.03. The van der Waals surface area contributed by atoms with Crippen molar-refractivity contribution in [3.63, 3.8) is 0 Å². The number of nitrogens with zero attached hydrogens (tertiary/aromatic N) is 1. The molecule has 2 unspecified atom stereocenters. The molecular formula is C27H26N2O2. The molecule has 156 valence electrons. The van der Waals surface area contributed by atoms with Crippen molar-refractivity contribution >= 4 is 23.2 Å². The van der Waals surface area contributed by atoms with Crippen molar-refractivity contribution in [1.82, 2.24) is 5.32 Å². The average molecular weight is 411 g/mol. The summed E-state index contributed by atoms with van der Waals surface area (Å²) in [6, 6.07) is 29.1. The lowest BCUT2D eigenvalue weighted by atomic mass is 9.81. The molecule has 0 aromatic heterocycles. The molecule has 4 heteroatoms. The maximum Gasteiger partial charge on any atom is 0.235 e. The molecule has 4 nitrogen and oxygen atoms in total. The Bertz CT molecular complexity index is 993. The number of benzene rings is 3. The van der Waals surface area contributed by atoms with Crippen LogP contribution in [0.4, 0.5) is 11.4 Å². The zero-order valence-corrected chi connectivity index (χ0v) is 17.4. The van der Waals surface area contributed by atoms with Crippen LogP contribution in [0.25, 0.3) is 0 Å². The van der Waals surface area contributed by atoms with E-state index in [0.717, 1.165) is 16.9 Å². The summed E-state index contributed by atoms with van der Waals surface area (Å²) in [6.07, 6.45) is 5.14. The fourth-order valence-corrected chi connectivity index (χ4v) is 4.02. The summed E-state index contributed by atoms with van der Waals surface area (Å²) >= 11 is 0. The van der Waals surface area contributed by atoms with Crippen LogP contribution in [0, 0.1) is 11.8 Å². The monoisotopic (exact) mass is 410 g/mol. The summed E-state index contributed by atoms with van der Waals surface area (Å²) in [5.74, 6) is -0.938. The number of hydrogen-bond donors (Lipinski definition) is 1. The third-order valence-electron chi connectivity index (χ3n) is 5.65. The first-order valence-electron chi connectivity index (χ1n) is 10.6. The molecule has 0 bridgehead atoms. The Labute approximate surface area is 183 Å². The molecule has 4 rings (SSSR count). The van der Waals surface area contributed by atoms with Crippen molar-refractivity contribution < 1.29 is 9.59 Å². The molecule has 0 heterocycles. The smallest absolute Gasteiger partial charge is 0.235 e. The Hall–Kier alpha value is -3.66. The summed E-state index contributed by atoms with van der Waals surface area (Å²) in [4.78, 5) is 28.6. The Morgan fingerprint density at radius 3 is 1.74 bits per heavy atom. The average Bonchev–Trinajstić information content (AvgIpc) is 2.84. The lowest BCUT2D eigenvalue weighted by Crippen LogP contribution is -2.43. The second kappa shape index (κ2) is 9.90. The summed E-state index contributed by atoms with van der Waals surface area (Å²) in [5.41, 5.74) is 2.65. The number of hydrogen-bond acceptors (Lipinski definition) is 2. The molecule has 31 heavy (non-hydrogen) atoms. The highest BCUT2D eigenvalue weighted by Gasteiger charge is 2.37. The Kier molecular flexibility index (Phi) is 6.58. The third-order valence-corrected chi connectivity index (χ3v) is 5.65. The van der Waals surface area contributed by atoms with Crippen LogP contribution in [0.2, 0.25) is 0 Å². The van der Waals surface area contributed by atoms with Crippen molar-refractivity contribution in [2.45, 2.75) is 19.4 Å². The quantitative estimate of drug-likeness (QED) is 0.564. The van der Waals surface area contributed by atoms with Gasteiger partial charge in [-0.2, -0.15) is 0 Å². The highest BCUT2D eigenvalue weighted by molar-refractivity contribution is 6.03. The number of carbonyl (C=O) groups is 2. The van der Waals surface area contributed by atoms with Crippen LogP contribution in [-0.4, -0.2) is 11.8 Å². The van der Waals surface area contributed by atoms with Gasteiger partial charge < -0.3 is 5.32 Å². The van der Waals surface area contributed by atoms with E-state index in [1.807, 2.05) is 103 Å². The number of para-hydroxylation sites is 2. The van der Waals surface area contributed by atoms with E-state index in [0.29, 0.717) is 19.4 Å². The van der Waals surface area contributed by atoms with Crippen molar-refractivity contribution in [3.05, 3.63) is 109 Å². The predicted molar refractivity (Wildman–Crippen MR) is 124 cm³/mol. The third kappa shape index (κ3) is 4.92. The number of carbonyl (C=O) groups excluding carboxylic acids is 2. The maximum absolute atomic E-state index is 13.8. The first-order valence-corrected chi connectivity index (χ1v) is 10.6. The second-order valence-electron chi connectivity index (χ2n) is 7.70. The van der Waals surface area contributed by atoms with Crippen molar-refractivity contribution in [2.75, 3.05) is 4.90 Å². The molecule has 2 amide bonds. The largest absolute Gasteiger partial charge is 0.352 e. The summed E-state index contributed by atoms with van der Waals surface area (Å²) in [6.45, 7) is 0.460. The Morgan fingerprint density at radius 2 is 1.19 bits per heavy atom. The number of rotatable bonds is 6.